The molecule has 0 spiro atoms. The average Bonchev–Trinajstić information content (AvgIpc) is 3.02. The first-order chi connectivity index (χ1) is 13.5. The lowest BCUT2D eigenvalue weighted by atomic mass is 9.83. The van der Waals surface area contributed by atoms with Gasteiger partial charge < -0.3 is 10.3 Å². The molecule has 1 amide bonds. The third-order valence-corrected chi connectivity index (χ3v) is 5.61. The zero-order chi connectivity index (χ0) is 19.8. The van der Waals surface area contributed by atoms with Crippen LogP contribution < -0.4 is 5.73 Å². The normalized spacial score (nSPS) is 16.4. The van der Waals surface area contributed by atoms with Crippen LogP contribution in [0.1, 0.15) is 38.1 Å². The predicted molar refractivity (Wildman–Crippen MR) is 103 cm³/mol. The highest BCUT2D eigenvalue weighted by atomic mass is 35.5. The number of halogens is 3. The Labute approximate surface area is 165 Å². The lowest BCUT2D eigenvalue weighted by Gasteiger charge is -2.30. The van der Waals surface area contributed by atoms with Crippen LogP contribution >= 0.6 is 11.6 Å². The second-order valence-corrected chi connectivity index (χ2v) is 7.56. The van der Waals surface area contributed by atoms with Crippen molar-refractivity contribution < 1.29 is 13.6 Å². The Morgan fingerprint density at radius 3 is 2.54 bits per heavy atom. The van der Waals surface area contributed by atoms with Crippen LogP contribution in [0.5, 0.6) is 0 Å². The topological polar surface area (TPSA) is 73.8 Å². The third kappa shape index (κ3) is 3.35. The van der Waals surface area contributed by atoms with Crippen molar-refractivity contribution >= 4 is 28.5 Å². The number of pyridine rings is 1. The summed E-state index contributed by atoms with van der Waals surface area (Å²) in [4.78, 5) is 21.0. The molecular formula is C20H19ClF2N4O. The summed E-state index contributed by atoms with van der Waals surface area (Å²) in [7, 11) is 0. The number of nitrogens with zero attached hydrogens (tertiary/aromatic N) is 3. The van der Waals surface area contributed by atoms with Gasteiger partial charge in [0.25, 0.3) is 0 Å². The summed E-state index contributed by atoms with van der Waals surface area (Å²) in [5.74, 6) is -2.11. The standard InChI is InChI=1S/C20H19ClF2N4O/c21-17-7-6-12(10-25-17)20-26-15-8-13(22)14(23)9-16(15)27(20)18(19(24)28)11-4-2-1-3-5-11/h6-11,18H,1-5H2,(H2,24,28). The quantitative estimate of drug-likeness (QED) is 0.644. The summed E-state index contributed by atoms with van der Waals surface area (Å²) < 4.78 is 29.5. The van der Waals surface area contributed by atoms with E-state index in [1.807, 2.05) is 0 Å². The molecule has 8 heteroatoms. The van der Waals surface area contributed by atoms with E-state index in [0.717, 1.165) is 44.2 Å². The maximum absolute atomic E-state index is 14.0. The van der Waals surface area contributed by atoms with E-state index in [9.17, 15) is 13.6 Å². The molecular weight excluding hydrogens is 386 g/mol. The van der Waals surface area contributed by atoms with E-state index in [4.69, 9.17) is 17.3 Å². The van der Waals surface area contributed by atoms with Crippen LogP contribution in [-0.2, 0) is 4.79 Å². The zero-order valence-corrected chi connectivity index (χ0v) is 15.8. The molecule has 1 fully saturated rings. The fraction of sp³-hybridized carbons (Fsp3) is 0.350. The molecule has 1 aliphatic carbocycles. The molecule has 0 saturated heterocycles. The summed E-state index contributed by atoms with van der Waals surface area (Å²) in [6, 6.07) is 4.71. The number of hydrogen-bond donors (Lipinski definition) is 1. The number of fused-ring (bicyclic) bond motifs is 1. The molecule has 0 aliphatic heterocycles. The van der Waals surface area contributed by atoms with Gasteiger partial charge in [0.05, 0.1) is 11.0 Å². The molecule has 3 aromatic rings. The van der Waals surface area contributed by atoms with E-state index in [0.29, 0.717) is 22.1 Å². The van der Waals surface area contributed by atoms with Gasteiger partial charge >= 0.3 is 0 Å². The molecule has 28 heavy (non-hydrogen) atoms. The maximum Gasteiger partial charge on any atom is 0.240 e. The minimum absolute atomic E-state index is 0.00998. The number of aromatic nitrogens is 3. The van der Waals surface area contributed by atoms with Crippen molar-refractivity contribution in [2.75, 3.05) is 0 Å². The highest BCUT2D eigenvalue weighted by Gasteiger charge is 2.33. The Morgan fingerprint density at radius 1 is 1.18 bits per heavy atom. The van der Waals surface area contributed by atoms with Crippen molar-refractivity contribution in [2.45, 2.75) is 38.1 Å². The van der Waals surface area contributed by atoms with E-state index in [1.165, 1.54) is 6.20 Å². The molecule has 1 atom stereocenters. The third-order valence-electron chi connectivity index (χ3n) is 5.38. The predicted octanol–water partition coefficient (Wildman–Crippen LogP) is 4.64. The molecule has 2 N–H and O–H groups in total. The van der Waals surface area contributed by atoms with Crippen LogP contribution in [0.4, 0.5) is 8.78 Å². The second kappa shape index (κ2) is 7.47. The number of carbonyl (C=O) groups excluding carboxylic acids is 1. The Balaban J connectivity index is 1.97. The SMILES string of the molecule is NC(=O)C(C1CCCCC1)n1c(-c2ccc(Cl)nc2)nc2cc(F)c(F)cc21. The molecule has 4 rings (SSSR count). The number of hydrogen-bond acceptors (Lipinski definition) is 3. The van der Waals surface area contributed by atoms with Crippen LogP contribution in [0.25, 0.3) is 22.4 Å². The van der Waals surface area contributed by atoms with Crippen LogP contribution in [0.3, 0.4) is 0 Å². The lowest BCUT2D eigenvalue weighted by Crippen LogP contribution is -2.34. The Hall–Kier alpha value is -2.54. The molecule has 0 radical (unpaired) electrons. The molecule has 1 aromatic carbocycles. The summed E-state index contributed by atoms with van der Waals surface area (Å²) in [5.41, 5.74) is 6.97. The smallest absolute Gasteiger partial charge is 0.240 e. The maximum atomic E-state index is 14.0. The van der Waals surface area contributed by atoms with Crippen molar-refractivity contribution in [3.63, 3.8) is 0 Å². The van der Waals surface area contributed by atoms with Gasteiger partial charge in [0, 0.05) is 23.9 Å². The van der Waals surface area contributed by atoms with E-state index in [2.05, 4.69) is 9.97 Å². The number of rotatable bonds is 4. The first-order valence-corrected chi connectivity index (χ1v) is 9.61. The Bertz CT molecular complexity index is 1030. The average molecular weight is 405 g/mol. The van der Waals surface area contributed by atoms with Gasteiger partial charge in [-0.1, -0.05) is 30.9 Å². The minimum atomic E-state index is -0.999. The highest BCUT2D eigenvalue weighted by molar-refractivity contribution is 6.29. The van der Waals surface area contributed by atoms with Crippen molar-refractivity contribution in [3.8, 4) is 11.4 Å². The molecule has 0 bridgehead atoms. The van der Waals surface area contributed by atoms with Crippen LogP contribution in [-0.4, -0.2) is 20.4 Å². The fourth-order valence-electron chi connectivity index (χ4n) is 4.10. The monoisotopic (exact) mass is 404 g/mol. The second-order valence-electron chi connectivity index (χ2n) is 7.18. The van der Waals surface area contributed by atoms with Crippen LogP contribution in [0.2, 0.25) is 5.15 Å². The molecule has 1 unspecified atom stereocenters. The first kappa shape index (κ1) is 18.8. The Morgan fingerprint density at radius 2 is 1.89 bits per heavy atom. The summed E-state index contributed by atoms with van der Waals surface area (Å²) in [6.07, 6.45) is 6.32. The molecule has 2 aromatic heterocycles. The molecule has 1 saturated carbocycles. The minimum Gasteiger partial charge on any atom is -0.368 e. The van der Waals surface area contributed by atoms with E-state index >= 15 is 0 Å². The van der Waals surface area contributed by atoms with Gasteiger partial charge in [-0.2, -0.15) is 0 Å². The number of amides is 1. The van der Waals surface area contributed by atoms with Gasteiger partial charge in [-0.25, -0.2) is 18.7 Å². The summed E-state index contributed by atoms with van der Waals surface area (Å²) in [5, 5.41) is 0.308. The molecule has 2 heterocycles. The van der Waals surface area contributed by atoms with Gasteiger partial charge in [0.15, 0.2) is 11.6 Å². The number of carbonyl (C=O) groups is 1. The lowest BCUT2D eigenvalue weighted by molar-refractivity contribution is -0.122. The zero-order valence-electron chi connectivity index (χ0n) is 15.0. The van der Waals surface area contributed by atoms with E-state index < -0.39 is 23.6 Å². The first-order valence-electron chi connectivity index (χ1n) is 9.24. The number of nitrogens with two attached hydrogens (primary N) is 1. The van der Waals surface area contributed by atoms with Gasteiger partial charge in [0.2, 0.25) is 5.91 Å². The fourth-order valence-corrected chi connectivity index (χ4v) is 4.22. The van der Waals surface area contributed by atoms with Crippen LogP contribution in [0.15, 0.2) is 30.5 Å². The number of benzene rings is 1. The van der Waals surface area contributed by atoms with Crippen molar-refractivity contribution in [1.82, 2.24) is 14.5 Å². The number of imidazole rings is 1. The summed E-state index contributed by atoms with van der Waals surface area (Å²) in [6.45, 7) is 0. The van der Waals surface area contributed by atoms with Crippen molar-refractivity contribution in [1.29, 1.82) is 0 Å². The highest BCUT2D eigenvalue weighted by Crippen LogP contribution is 2.38. The van der Waals surface area contributed by atoms with Gasteiger partial charge in [-0.3, -0.25) is 4.79 Å². The van der Waals surface area contributed by atoms with E-state index in [1.54, 1.807) is 16.7 Å². The van der Waals surface area contributed by atoms with Crippen molar-refractivity contribution in [2.24, 2.45) is 11.7 Å². The van der Waals surface area contributed by atoms with E-state index in [-0.39, 0.29) is 11.4 Å². The molecule has 1 aliphatic rings. The van der Waals surface area contributed by atoms with Gasteiger partial charge in [-0.15, -0.1) is 0 Å². The van der Waals surface area contributed by atoms with Gasteiger partial charge in [0.1, 0.15) is 17.0 Å². The van der Waals surface area contributed by atoms with Gasteiger partial charge in [-0.05, 0) is 30.9 Å². The summed E-state index contributed by atoms with van der Waals surface area (Å²) >= 11 is 5.88. The molecule has 5 nitrogen and oxygen atoms in total. The number of primary amides is 1. The largest absolute Gasteiger partial charge is 0.368 e. The molecule has 146 valence electrons. The Kier molecular flexibility index (Phi) is 5.02. The van der Waals surface area contributed by atoms with Crippen LogP contribution in [0, 0.1) is 17.6 Å². The van der Waals surface area contributed by atoms with Crippen molar-refractivity contribution in [3.05, 3.63) is 47.2 Å².